The maximum Gasteiger partial charge on any atom is 0.471 e. The van der Waals surface area contributed by atoms with Gasteiger partial charge in [0.25, 0.3) is 0 Å². The Morgan fingerprint density at radius 2 is 1.47 bits per heavy atom. The lowest BCUT2D eigenvalue weighted by Crippen LogP contribution is -2.63. The number of amides is 1. The first-order chi connectivity index (χ1) is 15.7. The fourth-order valence-electron chi connectivity index (χ4n) is 2.56. The third kappa shape index (κ3) is 6.77. The van der Waals surface area contributed by atoms with Crippen LogP contribution in [-0.4, -0.2) is 51.5 Å². The van der Waals surface area contributed by atoms with Crippen molar-refractivity contribution in [3.05, 3.63) is 58.6 Å². The highest BCUT2D eigenvalue weighted by molar-refractivity contribution is 7.53. The predicted octanol–water partition coefficient (Wildman–Crippen LogP) is 4.19. The van der Waals surface area contributed by atoms with E-state index >= 15 is 0 Å². The Labute approximate surface area is 201 Å². The molecule has 0 aromatic heterocycles. The van der Waals surface area contributed by atoms with Gasteiger partial charge in [-0.05, 0) is 43.3 Å². The molecule has 2 N–H and O–H groups in total. The number of carbonyl (C=O) groups is 2. The summed E-state index contributed by atoms with van der Waals surface area (Å²) in [5, 5.41) is -0.0575. The number of ether oxygens (including phenoxy) is 3. The Bertz CT molecular complexity index is 1050. The van der Waals surface area contributed by atoms with Crippen LogP contribution in [-0.2, 0) is 18.9 Å². The minimum absolute atomic E-state index is 0.0287. The van der Waals surface area contributed by atoms with E-state index < -0.39 is 54.2 Å². The molecule has 0 heterocycles. The van der Waals surface area contributed by atoms with Crippen molar-refractivity contribution in [2.24, 2.45) is 0 Å². The largest absolute Gasteiger partial charge is 0.471 e. The molecular weight excluding hydrogens is 529 g/mol. The second kappa shape index (κ2) is 10.8. The quantitative estimate of drug-likeness (QED) is 0.273. The van der Waals surface area contributed by atoms with Crippen LogP contribution in [0, 0.1) is 0 Å². The molecule has 2 rings (SSSR count). The molecule has 1 amide bonds. The lowest BCUT2D eigenvalue weighted by atomic mass is 10.3. The number of rotatable bonds is 9. The zero-order valence-electron chi connectivity index (χ0n) is 17.2. The maximum atomic E-state index is 13.5. The summed E-state index contributed by atoms with van der Waals surface area (Å²) in [6, 6.07) is 9.33. The average Bonchev–Trinajstić information content (AvgIpc) is 2.70. The third-order valence-electron chi connectivity index (χ3n) is 3.88. The van der Waals surface area contributed by atoms with Gasteiger partial charge >= 0.3 is 31.3 Å². The minimum atomic E-state index is -6.06. The maximum absolute atomic E-state index is 13.5. The minimum Gasteiger partial charge on any atom is -0.465 e. The summed E-state index contributed by atoms with van der Waals surface area (Å²) in [4.78, 5) is 44.2. The van der Waals surface area contributed by atoms with Gasteiger partial charge in [0.05, 0.1) is 6.61 Å². The molecule has 0 saturated heterocycles. The van der Waals surface area contributed by atoms with E-state index in [4.69, 9.17) is 32.7 Å². The van der Waals surface area contributed by atoms with E-state index in [1.807, 2.05) is 0 Å². The molecule has 0 aliphatic heterocycles. The van der Waals surface area contributed by atoms with E-state index in [9.17, 15) is 37.1 Å². The van der Waals surface area contributed by atoms with E-state index in [1.165, 1.54) is 31.2 Å². The van der Waals surface area contributed by atoms with E-state index in [0.29, 0.717) is 0 Å². The van der Waals surface area contributed by atoms with E-state index in [2.05, 4.69) is 4.74 Å². The summed E-state index contributed by atoms with van der Waals surface area (Å²) in [6.07, 6.45) is -5.71. The Kier molecular flexibility index (Phi) is 8.84. The Hall–Kier alpha value is -2.50. The van der Waals surface area contributed by atoms with Gasteiger partial charge in [-0.15, -0.1) is 0 Å². The Balaban J connectivity index is 2.81. The van der Waals surface area contributed by atoms with Crippen LogP contribution >= 0.6 is 30.8 Å². The van der Waals surface area contributed by atoms with Crippen molar-refractivity contribution in [3.8, 4) is 11.5 Å². The fraction of sp³-hybridized carbons (Fsp3) is 0.263. The van der Waals surface area contributed by atoms with Crippen molar-refractivity contribution < 1.29 is 51.3 Å². The van der Waals surface area contributed by atoms with E-state index in [0.717, 1.165) is 24.3 Å². The van der Waals surface area contributed by atoms with Crippen LogP contribution in [0.1, 0.15) is 6.92 Å². The van der Waals surface area contributed by atoms with Crippen molar-refractivity contribution in [3.63, 3.8) is 0 Å². The third-order valence-corrected chi connectivity index (χ3v) is 5.51. The molecule has 0 fully saturated rings. The molecular formula is C19H17Cl2F3NO8P. The molecule has 9 nitrogen and oxygen atoms in total. The van der Waals surface area contributed by atoms with E-state index in [1.54, 1.807) is 0 Å². The highest BCUT2D eigenvalue weighted by Gasteiger charge is 2.64. The number of benzene rings is 2. The van der Waals surface area contributed by atoms with Gasteiger partial charge in [-0.3, -0.25) is 9.59 Å². The summed E-state index contributed by atoms with van der Waals surface area (Å²) < 4.78 is 68.3. The molecule has 0 bridgehead atoms. The summed E-state index contributed by atoms with van der Waals surface area (Å²) in [5.74, 6) is -5.28. The average molecular weight is 546 g/mol. The number of nitrogens with zero attached hydrogens (tertiary/aromatic N) is 1. The molecule has 0 aliphatic carbocycles. The zero-order valence-corrected chi connectivity index (χ0v) is 19.6. The molecule has 0 saturated carbocycles. The van der Waals surface area contributed by atoms with Gasteiger partial charge in [-0.2, -0.15) is 13.2 Å². The summed E-state index contributed by atoms with van der Waals surface area (Å²) in [6.45, 7) is -0.576. The van der Waals surface area contributed by atoms with Crippen LogP contribution in [0.4, 0.5) is 13.2 Å². The van der Waals surface area contributed by atoms with Crippen LogP contribution in [0.3, 0.4) is 0 Å². The van der Waals surface area contributed by atoms with Gasteiger partial charge in [0.1, 0.15) is 18.0 Å². The summed E-state index contributed by atoms with van der Waals surface area (Å²) in [7, 11) is -6.06. The van der Waals surface area contributed by atoms with Gasteiger partial charge < -0.3 is 24.0 Å². The van der Waals surface area contributed by atoms with Crippen molar-refractivity contribution in [1.82, 2.24) is 4.90 Å². The van der Waals surface area contributed by atoms with E-state index in [-0.39, 0.29) is 16.7 Å². The number of hydrogen-bond donors (Lipinski definition) is 2. The molecule has 15 heteroatoms. The number of esters is 1. The molecule has 0 aliphatic rings. The van der Waals surface area contributed by atoms with Crippen LogP contribution < -0.4 is 9.47 Å². The molecule has 0 atom stereocenters. The fourth-order valence-corrected chi connectivity index (χ4v) is 3.85. The van der Waals surface area contributed by atoms with Gasteiger partial charge in [0.2, 0.25) is 0 Å². The van der Waals surface area contributed by atoms with Gasteiger partial charge in [-0.1, -0.05) is 35.3 Å². The van der Waals surface area contributed by atoms with Crippen molar-refractivity contribution in [2.45, 2.75) is 18.8 Å². The van der Waals surface area contributed by atoms with Crippen LogP contribution in [0.15, 0.2) is 48.5 Å². The van der Waals surface area contributed by atoms with Crippen LogP contribution in [0.25, 0.3) is 0 Å². The van der Waals surface area contributed by atoms with Crippen molar-refractivity contribution in [2.75, 3.05) is 13.2 Å². The first-order valence-corrected chi connectivity index (χ1v) is 11.6. The summed E-state index contributed by atoms with van der Waals surface area (Å²) in [5.41, 5.74) is -3.83. The number of hydrogen-bond acceptors (Lipinski definition) is 6. The first kappa shape index (κ1) is 27.7. The van der Waals surface area contributed by atoms with Crippen molar-refractivity contribution >= 4 is 42.7 Å². The monoisotopic (exact) mass is 545 g/mol. The molecule has 2 aromatic rings. The molecule has 0 radical (unpaired) electrons. The molecule has 2 aromatic carbocycles. The highest BCUT2D eigenvalue weighted by atomic mass is 35.5. The SMILES string of the molecule is CCOC(=O)CN(C(=O)C(F)(F)F)C(Oc1cccc(Cl)c1)(Oc1cccc(Cl)c1)P(=O)(O)O. The lowest BCUT2D eigenvalue weighted by molar-refractivity contribution is -0.224. The van der Waals surface area contributed by atoms with Crippen LogP contribution in [0.2, 0.25) is 10.0 Å². The predicted molar refractivity (Wildman–Crippen MR) is 113 cm³/mol. The standard InChI is InChI=1S/C19H17Cl2F3NO8P/c1-2-31-16(26)11-25(17(27)18(22,23)24)19(34(28,29)30,32-14-7-3-5-12(20)9-14)33-15-8-4-6-13(21)10-15/h3-10H,2,11H2,1H3,(H2,28,29,30). The Morgan fingerprint density at radius 1 is 1.00 bits per heavy atom. The second-order valence-electron chi connectivity index (χ2n) is 6.41. The van der Waals surface area contributed by atoms with Crippen LogP contribution in [0.5, 0.6) is 11.5 Å². The van der Waals surface area contributed by atoms with Gasteiger partial charge in [-0.25, -0.2) is 9.46 Å². The highest BCUT2D eigenvalue weighted by Crippen LogP contribution is 2.55. The number of halogens is 5. The van der Waals surface area contributed by atoms with Gasteiger partial charge in [0, 0.05) is 10.0 Å². The first-order valence-electron chi connectivity index (χ1n) is 9.19. The molecule has 0 unspecified atom stereocenters. The lowest BCUT2D eigenvalue weighted by Gasteiger charge is -2.41. The van der Waals surface area contributed by atoms with Gasteiger partial charge in [0.15, 0.2) is 0 Å². The molecule has 186 valence electrons. The summed E-state index contributed by atoms with van der Waals surface area (Å²) >= 11 is 11.7. The molecule has 34 heavy (non-hydrogen) atoms. The normalized spacial score (nSPS) is 12.1. The zero-order chi connectivity index (χ0) is 25.7. The number of alkyl halides is 3. The smallest absolute Gasteiger partial charge is 0.465 e. The number of carbonyl (C=O) groups excluding carboxylic acids is 2. The Morgan fingerprint density at radius 3 is 1.82 bits per heavy atom. The molecule has 0 spiro atoms. The topological polar surface area (TPSA) is 123 Å². The second-order valence-corrected chi connectivity index (χ2v) is 8.93. The van der Waals surface area contributed by atoms with Crippen molar-refractivity contribution in [1.29, 1.82) is 0 Å².